The Morgan fingerprint density at radius 1 is 1.24 bits per heavy atom. The van der Waals surface area contributed by atoms with Crippen LogP contribution in [0.2, 0.25) is 0 Å². The summed E-state index contributed by atoms with van der Waals surface area (Å²) < 4.78 is 6.07. The molecule has 0 saturated heterocycles. The Labute approximate surface area is 106 Å². The van der Waals surface area contributed by atoms with Gasteiger partial charge >= 0.3 is 0 Å². The van der Waals surface area contributed by atoms with E-state index in [1.807, 2.05) is 0 Å². The number of rotatable bonds is 4. The third-order valence-electron chi connectivity index (χ3n) is 4.81. The third-order valence-corrected chi connectivity index (χ3v) is 4.81. The van der Waals surface area contributed by atoms with Crippen LogP contribution in [0.3, 0.4) is 0 Å². The van der Waals surface area contributed by atoms with Gasteiger partial charge in [-0.2, -0.15) is 0 Å². The third kappa shape index (κ3) is 2.85. The lowest BCUT2D eigenvalue weighted by Gasteiger charge is -2.45. The van der Waals surface area contributed by atoms with Crippen LogP contribution in [-0.4, -0.2) is 23.4 Å². The van der Waals surface area contributed by atoms with Crippen molar-refractivity contribution in [3.63, 3.8) is 0 Å². The average molecular weight is 240 g/mol. The van der Waals surface area contributed by atoms with Gasteiger partial charge in [0.25, 0.3) is 0 Å². The van der Waals surface area contributed by atoms with Gasteiger partial charge in [0.05, 0.1) is 11.7 Å². The molecule has 2 rings (SSSR count). The normalized spacial score (nSPS) is 37.2. The second kappa shape index (κ2) is 5.71. The molecule has 2 nitrogen and oxygen atoms in total. The lowest BCUT2D eigenvalue weighted by Crippen LogP contribution is -2.51. The summed E-state index contributed by atoms with van der Waals surface area (Å²) in [5.41, 5.74) is -0.221. The fraction of sp³-hybridized carbons (Fsp3) is 1.00. The molecule has 0 aromatic rings. The van der Waals surface area contributed by atoms with Gasteiger partial charge in [0.1, 0.15) is 0 Å². The first-order valence-corrected chi connectivity index (χ1v) is 7.50. The van der Waals surface area contributed by atoms with Crippen LogP contribution in [0.5, 0.6) is 0 Å². The minimum atomic E-state index is -0.229. The first-order chi connectivity index (χ1) is 8.18. The molecule has 2 saturated carbocycles. The van der Waals surface area contributed by atoms with E-state index in [2.05, 4.69) is 13.8 Å². The van der Waals surface area contributed by atoms with Gasteiger partial charge in [-0.3, -0.25) is 0 Å². The fourth-order valence-corrected chi connectivity index (χ4v) is 4.02. The molecular formula is C15H28O2. The van der Waals surface area contributed by atoms with Gasteiger partial charge in [-0.15, -0.1) is 0 Å². The molecule has 0 aromatic heterocycles. The van der Waals surface area contributed by atoms with Crippen LogP contribution in [0.15, 0.2) is 0 Å². The van der Waals surface area contributed by atoms with Crippen LogP contribution in [0.25, 0.3) is 0 Å². The number of aliphatic hydroxyl groups is 1. The quantitative estimate of drug-likeness (QED) is 0.814. The van der Waals surface area contributed by atoms with Crippen molar-refractivity contribution >= 4 is 0 Å². The molecule has 1 N–H and O–H groups in total. The van der Waals surface area contributed by atoms with Gasteiger partial charge in [0, 0.05) is 6.61 Å². The van der Waals surface area contributed by atoms with E-state index in [1.54, 1.807) is 0 Å². The van der Waals surface area contributed by atoms with Gasteiger partial charge in [0.2, 0.25) is 0 Å². The van der Waals surface area contributed by atoms with E-state index >= 15 is 0 Å². The largest absolute Gasteiger partial charge is 0.390 e. The molecule has 17 heavy (non-hydrogen) atoms. The fourth-order valence-electron chi connectivity index (χ4n) is 4.02. The molecule has 0 amide bonds. The van der Waals surface area contributed by atoms with Crippen LogP contribution < -0.4 is 0 Å². The van der Waals surface area contributed by atoms with Gasteiger partial charge in [-0.25, -0.2) is 0 Å². The van der Waals surface area contributed by atoms with Crippen LogP contribution in [0.4, 0.5) is 0 Å². The van der Waals surface area contributed by atoms with Gasteiger partial charge in [0.15, 0.2) is 0 Å². The lowest BCUT2D eigenvalue weighted by molar-refractivity contribution is -0.163. The molecule has 2 aliphatic carbocycles. The number of ether oxygens (including phenoxy) is 1. The highest BCUT2D eigenvalue weighted by atomic mass is 16.5. The van der Waals surface area contributed by atoms with E-state index in [1.165, 1.54) is 38.5 Å². The summed E-state index contributed by atoms with van der Waals surface area (Å²) in [4.78, 5) is 0. The zero-order valence-corrected chi connectivity index (χ0v) is 11.5. The number of hydrogen-bond acceptors (Lipinski definition) is 2. The average Bonchev–Trinajstić information content (AvgIpc) is 2.81. The topological polar surface area (TPSA) is 29.5 Å². The minimum absolute atomic E-state index is 0.221. The second-order valence-corrected chi connectivity index (χ2v) is 6.19. The van der Waals surface area contributed by atoms with Crippen molar-refractivity contribution in [2.45, 2.75) is 76.9 Å². The summed E-state index contributed by atoms with van der Waals surface area (Å²) in [6.45, 7) is 5.09. The molecule has 0 bridgehead atoms. The first kappa shape index (κ1) is 13.4. The SMILES string of the molecule is CCOC1(C(O)C2CCCC2)CCCC(C)C1. The highest BCUT2D eigenvalue weighted by Gasteiger charge is 2.45. The summed E-state index contributed by atoms with van der Waals surface area (Å²) in [6, 6.07) is 0. The summed E-state index contributed by atoms with van der Waals surface area (Å²) >= 11 is 0. The van der Waals surface area contributed by atoms with Crippen LogP contribution in [-0.2, 0) is 4.74 Å². The molecule has 0 aromatic carbocycles. The van der Waals surface area contributed by atoms with E-state index in [-0.39, 0.29) is 11.7 Å². The van der Waals surface area contributed by atoms with Gasteiger partial charge in [-0.1, -0.05) is 32.6 Å². The highest BCUT2D eigenvalue weighted by molar-refractivity contribution is 4.97. The maximum atomic E-state index is 10.7. The molecule has 2 aliphatic rings. The Morgan fingerprint density at radius 2 is 1.94 bits per heavy atom. The van der Waals surface area contributed by atoms with Crippen molar-refractivity contribution in [2.75, 3.05) is 6.61 Å². The van der Waals surface area contributed by atoms with Gasteiger partial charge in [-0.05, 0) is 44.4 Å². The Balaban J connectivity index is 2.08. The molecule has 2 fully saturated rings. The summed E-state index contributed by atoms with van der Waals surface area (Å²) in [5.74, 6) is 1.19. The van der Waals surface area contributed by atoms with Crippen LogP contribution >= 0.6 is 0 Å². The molecule has 2 heteroatoms. The molecule has 0 radical (unpaired) electrons. The smallest absolute Gasteiger partial charge is 0.0945 e. The van der Waals surface area contributed by atoms with E-state index in [0.717, 1.165) is 19.4 Å². The zero-order chi connectivity index (χ0) is 12.3. The molecule has 3 atom stereocenters. The highest BCUT2D eigenvalue weighted by Crippen LogP contribution is 2.43. The lowest BCUT2D eigenvalue weighted by atomic mass is 9.72. The zero-order valence-electron chi connectivity index (χ0n) is 11.5. The second-order valence-electron chi connectivity index (χ2n) is 6.19. The number of aliphatic hydroxyl groups excluding tert-OH is 1. The molecule has 0 heterocycles. The van der Waals surface area contributed by atoms with Crippen molar-refractivity contribution in [3.05, 3.63) is 0 Å². The van der Waals surface area contributed by atoms with Crippen LogP contribution in [0.1, 0.15) is 65.2 Å². The maximum absolute atomic E-state index is 10.7. The maximum Gasteiger partial charge on any atom is 0.0945 e. The molecule has 0 spiro atoms. The predicted molar refractivity (Wildman–Crippen MR) is 70.0 cm³/mol. The van der Waals surface area contributed by atoms with Crippen molar-refractivity contribution in [2.24, 2.45) is 11.8 Å². The molecule has 3 unspecified atom stereocenters. The van der Waals surface area contributed by atoms with E-state index < -0.39 is 0 Å². The van der Waals surface area contributed by atoms with Crippen LogP contribution in [0, 0.1) is 11.8 Å². The summed E-state index contributed by atoms with van der Waals surface area (Å²) in [5, 5.41) is 10.7. The van der Waals surface area contributed by atoms with E-state index in [4.69, 9.17) is 4.74 Å². The minimum Gasteiger partial charge on any atom is -0.390 e. The standard InChI is InChI=1S/C15H28O2/c1-3-17-15(10-6-7-12(2)11-15)14(16)13-8-4-5-9-13/h12-14,16H,3-11H2,1-2H3. The molecular weight excluding hydrogens is 212 g/mol. The molecule has 0 aliphatic heterocycles. The Kier molecular flexibility index (Phi) is 4.48. The van der Waals surface area contributed by atoms with E-state index in [9.17, 15) is 5.11 Å². The predicted octanol–water partition coefficient (Wildman–Crippen LogP) is 3.52. The van der Waals surface area contributed by atoms with Crippen molar-refractivity contribution < 1.29 is 9.84 Å². The van der Waals surface area contributed by atoms with Gasteiger partial charge < -0.3 is 9.84 Å². The van der Waals surface area contributed by atoms with Crippen molar-refractivity contribution in [3.8, 4) is 0 Å². The summed E-state index contributed by atoms with van der Waals surface area (Å²) in [6.07, 6.45) is 9.37. The Bertz CT molecular complexity index is 231. The first-order valence-electron chi connectivity index (χ1n) is 7.50. The number of hydrogen-bond donors (Lipinski definition) is 1. The Hall–Kier alpha value is -0.0800. The van der Waals surface area contributed by atoms with Crippen molar-refractivity contribution in [1.82, 2.24) is 0 Å². The molecule has 100 valence electrons. The summed E-state index contributed by atoms with van der Waals surface area (Å²) in [7, 11) is 0. The Morgan fingerprint density at radius 3 is 2.53 bits per heavy atom. The van der Waals surface area contributed by atoms with E-state index in [0.29, 0.717) is 11.8 Å². The van der Waals surface area contributed by atoms with Crippen molar-refractivity contribution in [1.29, 1.82) is 0 Å². The monoisotopic (exact) mass is 240 g/mol.